The Balaban J connectivity index is 2.27. The summed E-state index contributed by atoms with van der Waals surface area (Å²) in [5.41, 5.74) is 3.02. The van der Waals surface area contributed by atoms with Crippen LogP contribution in [0.25, 0.3) is 0 Å². The monoisotopic (exact) mass is 328 g/mol. The number of rotatable bonds is 3. The molecule has 0 saturated heterocycles. The molecule has 0 N–H and O–H groups in total. The molecule has 1 unspecified atom stereocenters. The largest absolute Gasteiger partial charge is 0.334 e. The zero-order valence-corrected chi connectivity index (χ0v) is 13.7. The summed E-state index contributed by atoms with van der Waals surface area (Å²) in [6, 6.07) is 3.26. The van der Waals surface area contributed by atoms with Crippen LogP contribution in [-0.2, 0) is 0 Å². The normalized spacial score (nSPS) is 12.2. The van der Waals surface area contributed by atoms with Gasteiger partial charge in [0.2, 0.25) is 0 Å². The van der Waals surface area contributed by atoms with E-state index in [0.717, 1.165) is 10.4 Å². The first-order valence-corrected chi connectivity index (χ1v) is 7.66. The lowest BCUT2D eigenvalue weighted by molar-refractivity contribution is 0.0745. The zero-order valence-electron chi connectivity index (χ0n) is 11.4. The molecule has 0 radical (unpaired) electrons. The molecule has 1 heterocycles. The number of halogens is 2. The van der Waals surface area contributed by atoms with Crippen LogP contribution in [0.4, 0.5) is 0 Å². The molecule has 20 heavy (non-hydrogen) atoms. The predicted molar refractivity (Wildman–Crippen MR) is 83.8 cm³/mol. The highest BCUT2D eigenvalue weighted by molar-refractivity contribution is 7.09. The lowest BCUT2D eigenvalue weighted by Crippen LogP contribution is -2.29. The highest BCUT2D eigenvalue weighted by Gasteiger charge is 2.21. The fraction of sp³-hybridized carbons (Fsp3) is 0.286. The summed E-state index contributed by atoms with van der Waals surface area (Å²) in [6.45, 7) is 3.78. The van der Waals surface area contributed by atoms with Gasteiger partial charge in [-0.25, -0.2) is 0 Å². The van der Waals surface area contributed by atoms with Crippen molar-refractivity contribution in [2.24, 2.45) is 0 Å². The van der Waals surface area contributed by atoms with Gasteiger partial charge < -0.3 is 4.90 Å². The molecule has 0 aliphatic heterocycles. The number of carbonyl (C=O) groups excluding carboxylic acids is 1. The van der Waals surface area contributed by atoms with Crippen molar-refractivity contribution in [1.82, 2.24) is 9.88 Å². The van der Waals surface area contributed by atoms with Crippen molar-refractivity contribution in [3.8, 4) is 0 Å². The van der Waals surface area contributed by atoms with Crippen molar-refractivity contribution in [1.29, 1.82) is 0 Å². The van der Waals surface area contributed by atoms with Gasteiger partial charge in [0, 0.05) is 33.7 Å². The van der Waals surface area contributed by atoms with Crippen molar-refractivity contribution < 1.29 is 4.79 Å². The Morgan fingerprint density at radius 3 is 2.45 bits per heavy atom. The number of thiazole rings is 1. The Morgan fingerprint density at radius 2 is 1.95 bits per heavy atom. The van der Waals surface area contributed by atoms with E-state index in [1.165, 1.54) is 11.3 Å². The average molecular weight is 329 g/mol. The molecule has 0 aliphatic rings. The SMILES string of the molecule is Cc1c(Cl)cc(C(=O)N(C)C(C)c2cncs2)cc1Cl. The Labute approximate surface area is 132 Å². The minimum absolute atomic E-state index is 0.0474. The van der Waals surface area contributed by atoms with Gasteiger partial charge in [0.05, 0.1) is 11.6 Å². The quantitative estimate of drug-likeness (QED) is 0.825. The third kappa shape index (κ3) is 2.97. The summed E-state index contributed by atoms with van der Waals surface area (Å²) in [5, 5.41) is 0.999. The van der Waals surface area contributed by atoms with Crippen LogP contribution in [0.1, 0.15) is 33.8 Å². The fourth-order valence-electron chi connectivity index (χ4n) is 1.77. The smallest absolute Gasteiger partial charge is 0.254 e. The number of hydrogen-bond acceptors (Lipinski definition) is 3. The van der Waals surface area contributed by atoms with Crippen LogP contribution in [0, 0.1) is 6.92 Å². The van der Waals surface area contributed by atoms with E-state index >= 15 is 0 Å². The number of amides is 1. The van der Waals surface area contributed by atoms with Crippen molar-refractivity contribution in [3.05, 3.63) is 49.9 Å². The first-order valence-electron chi connectivity index (χ1n) is 6.03. The highest BCUT2D eigenvalue weighted by Crippen LogP contribution is 2.28. The van der Waals surface area contributed by atoms with Gasteiger partial charge in [-0.3, -0.25) is 9.78 Å². The fourth-order valence-corrected chi connectivity index (χ4v) is 2.98. The van der Waals surface area contributed by atoms with Crippen molar-refractivity contribution >= 4 is 40.4 Å². The highest BCUT2D eigenvalue weighted by atomic mass is 35.5. The summed E-state index contributed by atoms with van der Waals surface area (Å²) in [4.78, 5) is 19.2. The Morgan fingerprint density at radius 1 is 1.35 bits per heavy atom. The number of nitrogens with zero attached hydrogens (tertiary/aromatic N) is 2. The van der Waals surface area contributed by atoms with Crippen LogP contribution in [-0.4, -0.2) is 22.8 Å². The van der Waals surface area contributed by atoms with E-state index in [1.54, 1.807) is 35.8 Å². The lowest BCUT2D eigenvalue weighted by Gasteiger charge is -2.24. The van der Waals surface area contributed by atoms with Crippen LogP contribution >= 0.6 is 34.5 Å². The van der Waals surface area contributed by atoms with Crippen LogP contribution in [0.3, 0.4) is 0 Å². The molecule has 106 valence electrons. The standard InChI is InChI=1S/C14H14Cl2N2OS/c1-8-11(15)4-10(5-12(8)16)14(19)18(3)9(2)13-6-17-7-20-13/h4-7,9H,1-3H3. The van der Waals surface area contributed by atoms with Gasteiger partial charge in [-0.2, -0.15) is 0 Å². The molecular weight excluding hydrogens is 315 g/mol. The van der Waals surface area contributed by atoms with E-state index in [0.29, 0.717) is 15.6 Å². The number of hydrogen-bond donors (Lipinski definition) is 0. The summed E-state index contributed by atoms with van der Waals surface area (Å²) in [5.74, 6) is -0.116. The van der Waals surface area contributed by atoms with Gasteiger partial charge in [0.25, 0.3) is 5.91 Å². The second-order valence-electron chi connectivity index (χ2n) is 4.56. The van der Waals surface area contributed by atoms with Gasteiger partial charge in [0.1, 0.15) is 0 Å². The van der Waals surface area contributed by atoms with E-state index in [-0.39, 0.29) is 11.9 Å². The van der Waals surface area contributed by atoms with Gasteiger partial charge in [-0.15, -0.1) is 11.3 Å². The van der Waals surface area contributed by atoms with Gasteiger partial charge in [-0.05, 0) is 31.5 Å². The summed E-state index contributed by atoms with van der Waals surface area (Å²) >= 11 is 13.7. The number of aromatic nitrogens is 1. The third-order valence-corrected chi connectivity index (χ3v) is 5.02. The van der Waals surface area contributed by atoms with Crippen LogP contribution in [0.5, 0.6) is 0 Å². The maximum Gasteiger partial charge on any atom is 0.254 e. The van der Waals surface area contributed by atoms with E-state index in [2.05, 4.69) is 4.98 Å². The van der Waals surface area contributed by atoms with E-state index in [9.17, 15) is 4.79 Å². The molecule has 0 aliphatic carbocycles. The molecule has 1 amide bonds. The average Bonchev–Trinajstić information content (AvgIpc) is 2.95. The molecule has 6 heteroatoms. The van der Waals surface area contributed by atoms with Crippen LogP contribution in [0.2, 0.25) is 10.0 Å². The first-order chi connectivity index (χ1) is 9.41. The first kappa shape index (κ1) is 15.3. The molecule has 0 spiro atoms. The molecule has 1 atom stereocenters. The Bertz CT molecular complexity index is 605. The van der Waals surface area contributed by atoms with E-state index in [4.69, 9.17) is 23.2 Å². The lowest BCUT2D eigenvalue weighted by atomic mass is 10.1. The summed E-state index contributed by atoms with van der Waals surface area (Å²) in [6.07, 6.45) is 1.77. The van der Waals surface area contributed by atoms with Crippen LogP contribution in [0.15, 0.2) is 23.8 Å². The topological polar surface area (TPSA) is 33.2 Å². The molecule has 1 aromatic carbocycles. The molecule has 3 nitrogen and oxygen atoms in total. The van der Waals surface area contributed by atoms with Crippen molar-refractivity contribution in [3.63, 3.8) is 0 Å². The number of benzene rings is 1. The van der Waals surface area contributed by atoms with Gasteiger partial charge in [0.15, 0.2) is 0 Å². The van der Waals surface area contributed by atoms with Gasteiger partial charge in [-0.1, -0.05) is 23.2 Å². The minimum Gasteiger partial charge on any atom is -0.334 e. The van der Waals surface area contributed by atoms with Crippen LogP contribution < -0.4 is 0 Å². The molecule has 1 aromatic heterocycles. The van der Waals surface area contributed by atoms with E-state index < -0.39 is 0 Å². The van der Waals surface area contributed by atoms with Gasteiger partial charge >= 0.3 is 0 Å². The maximum atomic E-state index is 12.5. The molecule has 0 fully saturated rings. The predicted octanol–water partition coefficient (Wildman–Crippen LogP) is 4.59. The van der Waals surface area contributed by atoms with Crippen molar-refractivity contribution in [2.45, 2.75) is 19.9 Å². The van der Waals surface area contributed by atoms with E-state index in [1.807, 2.05) is 13.8 Å². The van der Waals surface area contributed by atoms with Crippen molar-refractivity contribution in [2.75, 3.05) is 7.05 Å². The summed E-state index contributed by atoms with van der Waals surface area (Å²) in [7, 11) is 1.76. The zero-order chi connectivity index (χ0) is 14.9. The minimum atomic E-state index is -0.116. The maximum absolute atomic E-state index is 12.5. The molecular formula is C14H14Cl2N2OS. The second kappa shape index (κ2) is 6.12. The molecule has 0 saturated carbocycles. The Hall–Kier alpha value is -1.10. The number of carbonyl (C=O) groups is 1. The summed E-state index contributed by atoms with van der Waals surface area (Å²) < 4.78 is 0. The molecule has 2 aromatic rings. The molecule has 2 rings (SSSR count). The second-order valence-corrected chi connectivity index (χ2v) is 6.29. The third-order valence-electron chi connectivity index (χ3n) is 3.29. The molecule has 0 bridgehead atoms. The Kier molecular flexibility index (Phi) is 4.68.